The first-order valence-corrected chi connectivity index (χ1v) is 12.2. The Hall–Kier alpha value is -4.43. The standard InChI is InChI=1S/C26H28N8O3/c1-2-7-27-25(37)21-14-23(29-24-13-20(31-32-24)18-4-5-18)30-26(28-21)34-10-8-33(9-11-34)15-17-3-6-22(36)19(12-17)16-35/h1,3,6,12-14,16,18,36H,4-5,7-11,15H2,(H,27,37)(H2,28,29,30,31,32). The van der Waals surface area contributed by atoms with Gasteiger partial charge in [-0.25, -0.2) is 4.98 Å². The van der Waals surface area contributed by atoms with Crippen LogP contribution in [-0.4, -0.2) is 75.1 Å². The summed E-state index contributed by atoms with van der Waals surface area (Å²) in [5.74, 6) is 4.10. The zero-order valence-corrected chi connectivity index (χ0v) is 20.3. The molecule has 11 heteroatoms. The molecule has 3 heterocycles. The lowest BCUT2D eigenvalue weighted by Gasteiger charge is -2.35. The monoisotopic (exact) mass is 500 g/mol. The molecule has 1 saturated carbocycles. The summed E-state index contributed by atoms with van der Waals surface area (Å²) in [6, 6.07) is 8.62. The Bertz CT molecular complexity index is 1340. The van der Waals surface area contributed by atoms with Crippen molar-refractivity contribution in [2.45, 2.75) is 25.3 Å². The smallest absolute Gasteiger partial charge is 0.270 e. The van der Waals surface area contributed by atoms with E-state index in [4.69, 9.17) is 6.42 Å². The van der Waals surface area contributed by atoms with Gasteiger partial charge in [0.25, 0.3) is 5.91 Å². The van der Waals surface area contributed by atoms with Crippen LogP contribution in [0.5, 0.6) is 5.75 Å². The number of phenolic OH excluding ortho intramolecular Hbond substituents is 1. The van der Waals surface area contributed by atoms with Gasteiger partial charge in [-0.3, -0.25) is 19.6 Å². The van der Waals surface area contributed by atoms with Crippen LogP contribution in [0, 0.1) is 12.3 Å². The third-order valence-electron chi connectivity index (χ3n) is 6.45. The number of carbonyl (C=O) groups is 2. The van der Waals surface area contributed by atoms with E-state index < -0.39 is 0 Å². The highest BCUT2D eigenvalue weighted by Crippen LogP contribution is 2.39. The quantitative estimate of drug-likeness (QED) is 0.257. The van der Waals surface area contributed by atoms with E-state index in [2.05, 4.69) is 41.6 Å². The van der Waals surface area contributed by atoms with Crippen molar-refractivity contribution in [1.82, 2.24) is 30.4 Å². The SMILES string of the molecule is C#CCNC(=O)c1cc(Nc2cc(C3CC3)[nH]n2)nc(N2CCN(Cc3ccc(O)c(C=O)c3)CC2)n1. The van der Waals surface area contributed by atoms with Gasteiger partial charge in [0.05, 0.1) is 12.1 Å². The predicted molar refractivity (Wildman–Crippen MR) is 138 cm³/mol. The first kappa shape index (κ1) is 24.3. The van der Waals surface area contributed by atoms with Gasteiger partial charge in [0.15, 0.2) is 12.1 Å². The van der Waals surface area contributed by atoms with Crippen LogP contribution in [0.4, 0.5) is 17.6 Å². The largest absolute Gasteiger partial charge is 0.507 e. The second-order valence-electron chi connectivity index (χ2n) is 9.21. The van der Waals surface area contributed by atoms with E-state index in [1.54, 1.807) is 18.2 Å². The fraction of sp³-hybridized carbons (Fsp3) is 0.346. The van der Waals surface area contributed by atoms with Crippen LogP contribution in [-0.2, 0) is 6.54 Å². The summed E-state index contributed by atoms with van der Waals surface area (Å²) in [5, 5.41) is 23.0. The van der Waals surface area contributed by atoms with E-state index >= 15 is 0 Å². The molecular formula is C26H28N8O3. The van der Waals surface area contributed by atoms with Crippen LogP contribution in [0.1, 0.15) is 50.9 Å². The molecule has 1 aromatic carbocycles. The molecule has 1 amide bonds. The summed E-state index contributed by atoms with van der Waals surface area (Å²) in [4.78, 5) is 37.3. The van der Waals surface area contributed by atoms with Crippen LogP contribution >= 0.6 is 0 Å². The van der Waals surface area contributed by atoms with Gasteiger partial charge in [-0.1, -0.05) is 12.0 Å². The Morgan fingerprint density at radius 3 is 2.70 bits per heavy atom. The van der Waals surface area contributed by atoms with Crippen molar-refractivity contribution in [1.29, 1.82) is 0 Å². The number of carbonyl (C=O) groups excluding carboxylic acids is 2. The number of hydrogen-bond acceptors (Lipinski definition) is 9. The topological polar surface area (TPSA) is 139 Å². The van der Waals surface area contributed by atoms with Crippen molar-refractivity contribution in [3.63, 3.8) is 0 Å². The summed E-state index contributed by atoms with van der Waals surface area (Å²) in [6.07, 6.45) is 8.27. The minimum atomic E-state index is -0.373. The minimum absolute atomic E-state index is 0.0186. The van der Waals surface area contributed by atoms with Gasteiger partial charge < -0.3 is 20.6 Å². The number of terminal acetylenes is 1. The Kier molecular flexibility index (Phi) is 7.00. The van der Waals surface area contributed by atoms with Crippen molar-refractivity contribution < 1.29 is 14.7 Å². The minimum Gasteiger partial charge on any atom is -0.507 e. The van der Waals surface area contributed by atoms with E-state index in [0.717, 1.165) is 37.2 Å². The molecule has 1 aliphatic heterocycles. The normalized spacial score (nSPS) is 15.7. The first-order chi connectivity index (χ1) is 18.0. The van der Waals surface area contributed by atoms with Crippen LogP contribution in [0.3, 0.4) is 0 Å². The van der Waals surface area contributed by atoms with E-state index in [1.807, 2.05) is 17.0 Å². The second-order valence-corrected chi connectivity index (χ2v) is 9.21. The van der Waals surface area contributed by atoms with Crippen LogP contribution in [0.2, 0.25) is 0 Å². The molecule has 2 aliphatic rings. The fourth-order valence-electron chi connectivity index (χ4n) is 4.27. The lowest BCUT2D eigenvalue weighted by atomic mass is 10.1. The highest BCUT2D eigenvalue weighted by atomic mass is 16.3. The summed E-state index contributed by atoms with van der Waals surface area (Å²) in [6.45, 7) is 3.54. The molecule has 0 bridgehead atoms. The number of benzene rings is 1. The number of aromatic nitrogens is 4. The Morgan fingerprint density at radius 1 is 1.16 bits per heavy atom. The number of aldehydes is 1. The Labute approximate surface area is 214 Å². The molecule has 1 saturated heterocycles. The maximum atomic E-state index is 12.7. The molecule has 0 radical (unpaired) electrons. The number of aromatic hydroxyl groups is 1. The lowest BCUT2D eigenvalue weighted by Crippen LogP contribution is -2.46. The highest BCUT2D eigenvalue weighted by Gasteiger charge is 2.26. The number of aromatic amines is 1. The van der Waals surface area contributed by atoms with E-state index in [9.17, 15) is 14.7 Å². The summed E-state index contributed by atoms with van der Waals surface area (Å²) in [5.41, 5.74) is 2.54. The molecule has 37 heavy (non-hydrogen) atoms. The maximum Gasteiger partial charge on any atom is 0.270 e. The number of piperazine rings is 1. The molecule has 5 rings (SSSR count). The molecule has 11 nitrogen and oxygen atoms in total. The summed E-state index contributed by atoms with van der Waals surface area (Å²) >= 11 is 0. The van der Waals surface area contributed by atoms with Gasteiger partial charge in [-0.05, 0) is 30.5 Å². The molecule has 0 atom stereocenters. The number of rotatable bonds is 9. The highest BCUT2D eigenvalue weighted by molar-refractivity contribution is 5.93. The molecule has 190 valence electrons. The van der Waals surface area contributed by atoms with E-state index in [-0.39, 0.29) is 29.5 Å². The van der Waals surface area contributed by atoms with Gasteiger partial charge in [0.2, 0.25) is 5.95 Å². The summed E-state index contributed by atoms with van der Waals surface area (Å²) in [7, 11) is 0. The third kappa shape index (κ3) is 5.87. The molecule has 0 spiro atoms. The molecule has 0 unspecified atom stereocenters. The predicted octanol–water partition coefficient (Wildman–Crippen LogP) is 2.02. The van der Waals surface area contributed by atoms with Gasteiger partial charge >= 0.3 is 0 Å². The van der Waals surface area contributed by atoms with Crippen molar-refractivity contribution in [2.24, 2.45) is 0 Å². The molecule has 4 N–H and O–H groups in total. The zero-order chi connectivity index (χ0) is 25.8. The van der Waals surface area contributed by atoms with Gasteiger partial charge in [0.1, 0.15) is 17.3 Å². The van der Waals surface area contributed by atoms with Crippen molar-refractivity contribution >= 4 is 29.8 Å². The van der Waals surface area contributed by atoms with Crippen molar-refractivity contribution in [3.8, 4) is 18.1 Å². The van der Waals surface area contributed by atoms with Gasteiger partial charge in [-0.15, -0.1) is 6.42 Å². The maximum absolute atomic E-state index is 12.7. The number of anilines is 3. The zero-order valence-electron chi connectivity index (χ0n) is 20.3. The van der Waals surface area contributed by atoms with Crippen LogP contribution in [0.25, 0.3) is 0 Å². The molecule has 3 aromatic rings. The number of amides is 1. The van der Waals surface area contributed by atoms with Crippen LogP contribution in [0.15, 0.2) is 30.3 Å². The molecule has 2 fully saturated rings. The van der Waals surface area contributed by atoms with Crippen molar-refractivity contribution in [2.75, 3.05) is 42.9 Å². The number of nitrogens with zero attached hydrogens (tertiary/aromatic N) is 5. The average Bonchev–Trinajstić information content (AvgIpc) is 3.67. The van der Waals surface area contributed by atoms with Crippen molar-refractivity contribution in [3.05, 3.63) is 52.8 Å². The molecule has 2 aromatic heterocycles. The first-order valence-electron chi connectivity index (χ1n) is 12.2. The number of hydrogen-bond donors (Lipinski definition) is 4. The average molecular weight is 501 g/mol. The fourth-order valence-corrected chi connectivity index (χ4v) is 4.27. The van der Waals surface area contributed by atoms with Crippen LogP contribution < -0.4 is 15.5 Å². The Balaban J connectivity index is 1.29. The van der Waals surface area contributed by atoms with Gasteiger partial charge in [-0.2, -0.15) is 10.1 Å². The molecule has 1 aliphatic carbocycles. The lowest BCUT2D eigenvalue weighted by molar-refractivity contribution is 0.0953. The number of H-pyrrole nitrogens is 1. The Morgan fingerprint density at radius 2 is 1.97 bits per heavy atom. The second kappa shape index (κ2) is 10.7. The molecular weight excluding hydrogens is 472 g/mol. The van der Waals surface area contributed by atoms with E-state index in [0.29, 0.717) is 49.4 Å². The summed E-state index contributed by atoms with van der Waals surface area (Å²) < 4.78 is 0. The van der Waals surface area contributed by atoms with Gasteiger partial charge in [0, 0.05) is 56.5 Å². The van der Waals surface area contributed by atoms with E-state index in [1.165, 1.54) is 0 Å². The third-order valence-corrected chi connectivity index (χ3v) is 6.45. The number of nitrogens with one attached hydrogen (secondary N) is 3. The number of phenols is 1.